The van der Waals surface area contributed by atoms with Crippen LogP contribution in [0.2, 0.25) is 0 Å². The van der Waals surface area contributed by atoms with Gasteiger partial charge in [0.2, 0.25) is 0 Å². The van der Waals surface area contributed by atoms with Gasteiger partial charge in [-0.2, -0.15) is 0 Å². The lowest BCUT2D eigenvalue weighted by Crippen LogP contribution is -2.41. The maximum atomic E-state index is 13.1. The van der Waals surface area contributed by atoms with Gasteiger partial charge in [-0.1, -0.05) is 18.2 Å². The Morgan fingerprint density at radius 1 is 1.15 bits per heavy atom. The molecule has 34 heavy (non-hydrogen) atoms. The molecule has 0 bridgehead atoms. The zero-order valence-corrected chi connectivity index (χ0v) is 20.3. The van der Waals surface area contributed by atoms with E-state index in [1.54, 1.807) is 13.2 Å². The van der Waals surface area contributed by atoms with Crippen LogP contribution < -0.4 is 15.4 Å². The first kappa shape index (κ1) is 21.6. The van der Waals surface area contributed by atoms with Gasteiger partial charge in [-0.3, -0.25) is 10.1 Å². The summed E-state index contributed by atoms with van der Waals surface area (Å²) >= 11 is 4.04. The minimum absolute atomic E-state index is 0.00950. The van der Waals surface area contributed by atoms with Crippen LogP contribution in [0.4, 0.5) is 16.3 Å². The Balaban J connectivity index is 1.27. The number of pyridine rings is 1. The van der Waals surface area contributed by atoms with Crippen LogP contribution in [0.1, 0.15) is 34.8 Å². The highest BCUT2D eigenvalue weighted by Gasteiger charge is 2.49. The number of ether oxygens (including phenoxy) is 1. The number of anilines is 2. The first-order valence-electron chi connectivity index (χ1n) is 11.3. The first-order chi connectivity index (χ1) is 16.6. The summed E-state index contributed by atoms with van der Waals surface area (Å²) in [5.41, 5.74) is 3.03. The highest BCUT2D eigenvalue weighted by Crippen LogP contribution is 2.57. The second-order valence-corrected chi connectivity index (χ2v) is 11.9. The van der Waals surface area contributed by atoms with Gasteiger partial charge in [0.1, 0.15) is 11.6 Å². The predicted molar refractivity (Wildman–Crippen MR) is 138 cm³/mol. The highest BCUT2D eigenvalue weighted by molar-refractivity contribution is 8.21. The van der Waals surface area contributed by atoms with Crippen LogP contribution in [0.25, 0.3) is 10.9 Å². The number of methoxy groups -OCH3 is 1. The van der Waals surface area contributed by atoms with E-state index in [-0.39, 0.29) is 16.0 Å². The topological polar surface area (TPSA) is 83.6 Å². The molecule has 2 aromatic carbocycles. The van der Waals surface area contributed by atoms with E-state index in [9.17, 15) is 9.59 Å². The molecular formula is C25H24N4O3S2. The van der Waals surface area contributed by atoms with Gasteiger partial charge in [-0.15, -0.1) is 23.5 Å². The van der Waals surface area contributed by atoms with Crippen molar-refractivity contribution in [3.05, 3.63) is 59.7 Å². The molecule has 3 amide bonds. The number of aromatic nitrogens is 1. The van der Waals surface area contributed by atoms with Crippen molar-refractivity contribution in [1.29, 1.82) is 0 Å². The summed E-state index contributed by atoms with van der Waals surface area (Å²) in [4.78, 5) is 32.6. The van der Waals surface area contributed by atoms with Gasteiger partial charge in [-0.25, -0.2) is 9.78 Å². The molecule has 6 rings (SSSR count). The summed E-state index contributed by atoms with van der Waals surface area (Å²) in [5, 5.41) is 6.70. The molecule has 0 aliphatic carbocycles. The number of carbonyl (C=O) groups excluding carboxylic acids is 2. The average Bonchev–Trinajstić information content (AvgIpc) is 3.41. The lowest BCUT2D eigenvalue weighted by molar-refractivity contribution is 0.0669. The van der Waals surface area contributed by atoms with E-state index in [2.05, 4.69) is 15.6 Å². The number of nitrogens with one attached hydrogen (secondary N) is 2. The molecule has 4 heterocycles. The van der Waals surface area contributed by atoms with E-state index in [1.807, 2.05) is 70.9 Å². The Hall–Kier alpha value is -2.91. The van der Waals surface area contributed by atoms with E-state index in [0.29, 0.717) is 22.8 Å². The number of amides is 3. The van der Waals surface area contributed by atoms with Gasteiger partial charge in [-0.05, 0) is 37.1 Å². The number of benzene rings is 2. The summed E-state index contributed by atoms with van der Waals surface area (Å²) in [7, 11) is 1.60. The Kier molecular flexibility index (Phi) is 5.33. The quantitative estimate of drug-likeness (QED) is 0.513. The Labute approximate surface area is 206 Å². The van der Waals surface area contributed by atoms with E-state index in [0.717, 1.165) is 47.4 Å². The number of thioether (sulfide) groups is 2. The zero-order chi connectivity index (χ0) is 23.3. The molecule has 2 saturated heterocycles. The fourth-order valence-electron chi connectivity index (χ4n) is 5.23. The Morgan fingerprint density at radius 3 is 2.79 bits per heavy atom. The largest absolute Gasteiger partial charge is 0.496 e. The third-order valence-electron chi connectivity index (χ3n) is 6.75. The van der Waals surface area contributed by atoms with Crippen molar-refractivity contribution < 1.29 is 14.3 Å². The summed E-state index contributed by atoms with van der Waals surface area (Å²) in [5.74, 6) is 3.41. The number of para-hydroxylation sites is 1. The molecule has 2 N–H and O–H groups in total. The molecule has 3 aliphatic rings. The second-order valence-electron chi connectivity index (χ2n) is 8.65. The highest BCUT2D eigenvalue weighted by atomic mass is 32.2. The van der Waals surface area contributed by atoms with Gasteiger partial charge in [0, 0.05) is 46.3 Å². The van der Waals surface area contributed by atoms with Crippen LogP contribution >= 0.6 is 23.5 Å². The molecular weight excluding hydrogens is 468 g/mol. The van der Waals surface area contributed by atoms with Gasteiger partial charge in [0.15, 0.2) is 0 Å². The maximum Gasteiger partial charge on any atom is 0.324 e. The van der Waals surface area contributed by atoms with Crippen molar-refractivity contribution in [2.75, 3.05) is 35.8 Å². The summed E-state index contributed by atoms with van der Waals surface area (Å²) < 4.78 is 5.66. The van der Waals surface area contributed by atoms with Crippen LogP contribution in [0, 0.1) is 0 Å². The molecule has 2 fully saturated rings. The third-order valence-corrected chi connectivity index (χ3v) is 10.3. The fraction of sp³-hybridized carbons (Fsp3) is 0.320. The number of hydrogen-bond donors (Lipinski definition) is 2. The maximum absolute atomic E-state index is 13.1. The number of hydrogen-bond acceptors (Lipinski definition) is 6. The number of piperidine rings is 1. The van der Waals surface area contributed by atoms with Crippen LogP contribution in [0.3, 0.4) is 0 Å². The van der Waals surface area contributed by atoms with Crippen LogP contribution in [0.15, 0.2) is 48.5 Å². The zero-order valence-electron chi connectivity index (χ0n) is 18.7. The summed E-state index contributed by atoms with van der Waals surface area (Å²) in [6.45, 7) is 0.755. The average molecular weight is 493 g/mol. The van der Waals surface area contributed by atoms with Gasteiger partial charge in [0.05, 0.1) is 22.7 Å². The van der Waals surface area contributed by atoms with Crippen molar-refractivity contribution in [1.82, 2.24) is 9.88 Å². The molecule has 1 aromatic heterocycles. The van der Waals surface area contributed by atoms with Crippen molar-refractivity contribution in [2.45, 2.75) is 23.0 Å². The molecule has 3 aliphatic heterocycles. The minimum atomic E-state index is -0.403. The van der Waals surface area contributed by atoms with E-state index in [4.69, 9.17) is 4.74 Å². The molecule has 1 spiro atoms. The van der Waals surface area contributed by atoms with Crippen molar-refractivity contribution in [2.24, 2.45) is 0 Å². The van der Waals surface area contributed by atoms with Crippen LogP contribution in [-0.4, -0.2) is 51.1 Å². The lowest BCUT2D eigenvalue weighted by atomic mass is 9.95. The SMILES string of the molecule is COc1cc(NC(=O)Nc2cccc3c2C2CC4(CCN2C3=O)SCCS4)nc2ccccc12. The Bertz CT molecular complexity index is 1310. The normalized spacial score (nSPS) is 20.3. The van der Waals surface area contributed by atoms with Gasteiger partial charge >= 0.3 is 6.03 Å². The van der Waals surface area contributed by atoms with E-state index < -0.39 is 6.03 Å². The molecule has 7 nitrogen and oxygen atoms in total. The molecule has 0 saturated carbocycles. The predicted octanol–water partition coefficient (Wildman–Crippen LogP) is 5.35. The molecule has 1 atom stereocenters. The smallest absolute Gasteiger partial charge is 0.324 e. The number of urea groups is 1. The minimum Gasteiger partial charge on any atom is -0.496 e. The van der Waals surface area contributed by atoms with E-state index >= 15 is 0 Å². The lowest BCUT2D eigenvalue weighted by Gasteiger charge is -2.41. The summed E-state index contributed by atoms with van der Waals surface area (Å²) in [6, 6.07) is 14.5. The van der Waals surface area contributed by atoms with Crippen molar-refractivity contribution in [3.8, 4) is 5.75 Å². The van der Waals surface area contributed by atoms with Gasteiger partial charge in [0.25, 0.3) is 5.91 Å². The van der Waals surface area contributed by atoms with Crippen molar-refractivity contribution >= 4 is 57.9 Å². The standard InChI is InChI=1S/C25H24N4O3S2/c1-32-20-13-21(26-17-7-3-2-5-15(17)20)28-24(31)27-18-8-4-6-16-22(18)19-14-25(33-11-12-34-25)9-10-29(19)23(16)30/h2-8,13,19H,9-12,14H2,1H3,(H2,26,27,28,31). The monoisotopic (exact) mass is 492 g/mol. The van der Waals surface area contributed by atoms with E-state index in [1.165, 1.54) is 0 Å². The van der Waals surface area contributed by atoms with Gasteiger partial charge < -0.3 is 15.0 Å². The molecule has 1 unspecified atom stereocenters. The third kappa shape index (κ3) is 3.58. The second kappa shape index (κ2) is 8.39. The first-order valence-corrected chi connectivity index (χ1v) is 13.3. The number of rotatable bonds is 3. The molecule has 9 heteroatoms. The molecule has 0 radical (unpaired) electrons. The van der Waals surface area contributed by atoms with Crippen LogP contribution in [-0.2, 0) is 0 Å². The number of fused-ring (bicyclic) bond motifs is 4. The number of nitrogens with zero attached hydrogens (tertiary/aromatic N) is 2. The van der Waals surface area contributed by atoms with Crippen LogP contribution in [0.5, 0.6) is 5.75 Å². The Morgan fingerprint density at radius 2 is 1.97 bits per heavy atom. The number of carbonyl (C=O) groups is 2. The van der Waals surface area contributed by atoms with Crippen molar-refractivity contribution in [3.63, 3.8) is 0 Å². The molecule has 3 aromatic rings. The summed E-state index contributed by atoms with van der Waals surface area (Å²) in [6.07, 6.45) is 1.92. The fourth-order valence-corrected chi connectivity index (χ4v) is 8.50. The molecule has 174 valence electrons.